The summed E-state index contributed by atoms with van der Waals surface area (Å²) in [4.78, 5) is 0. The van der Waals surface area contributed by atoms with Gasteiger partial charge in [-0.25, -0.2) is 0 Å². The molecule has 1 rings (SSSR count). The molecule has 2 atom stereocenters. The minimum Gasteiger partial charge on any atom is -0.0885 e. The van der Waals surface area contributed by atoms with Crippen LogP contribution in [0.1, 0.15) is 46.0 Å². The van der Waals surface area contributed by atoms with E-state index in [1.54, 1.807) is 0 Å². The zero-order valence-corrected chi connectivity index (χ0v) is 7.84. The van der Waals surface area contributed by atoms with Crippen LogP contribution in [0.2, 0.25) is 0 Å². The minimum atomic E-state index is 0.928. The van der Waals surface area contributed by atoms with E-state index in [-0.39, 0.29) is 0 Å². The molecule has 0 bridgehead atoms. The maximum Gasteiger partial charge on any atom is -0.0320 e. The van der Waals surface area contributed by atoms with E-state index in [1.165, 1.54) is 32.1 Å². The summed E-state index contributed by atoms with van der Waals surface area (Å²) < 4.78 is 0. The van der Waals surface area contributed by atoms with Gasteiger partial charge in [-0.15, -0.1) is 0 Å². The highest BCUT2D eigenvalue weighted by Crippen LogP contribution is 2.27. The van der Waals surface area contributed by atoms with Crippen LogP contribution in [0.15, 0.2) is 12.2 Å². The average Bonchev–Trinajstić information content (AvgIpc) is 2.30. The highest BCUT2D eigenvalue weighted by molar-refractivity contribution is 4.88. The Hall–Kier alpha value is -0.260. The third-order valence-corrected chi connectivity index (χ3v) is 3.00. The molecule has 0 aliphatic heterocycles. The SMILES string of the molecule is CCC(C)[C@H]1CC=CCCC1. The van der Waals surface area contributed by atoms with Gasteiger partial charge < -0.3 is 0 Å². The first-order valence-electron chi connectivity index (χ1n) is 4.99. The lowest BCUT2D eigenvalue weighted by atomic mass is 9.86. The van der Waals surface area contributed by atoms with Gasteiger partial charge in [0.05, 0.1) is 0 Å². The van der Waals surface area contributed by atoms with Crippen LogP contribution in [0.5, 0.6) is 0 Å². The van der Waals surface area contributed by atoms with Crippen molar-refractivity contribution < 1.29 is 0 Å². The van der Waals surface area contributed by atoms with Gasteiger partial charge in [0.15, 0.2) is 0 Å². The second-order valence-electron chi connectivity index (χ2n) is 3.78. The highest BCUT2D eigenvalue weighted by Gasteiger charge is 2.14. The van der Waals surface area contributed by atoms with Crippen molar-refractivity contribution in [2.75, 3.05) is 0 Å². The van der Waals surface area contributed by atoms with E-state index in [9.17, 15) is 0 Å². The second kappa shape index (κ2) is 4.58. The number of hydrogen-bond donors (Lipinski definition) is 0. The molecule has 1 unspecified atom stereocenters. The van der Waals surface area contributed by atoms with Crippen molar-refractivity contribution in [3.8, 4) is 0 Å². The predicted octanol–water partition coefficient (Wildman–Crippen LogP) is 3.78. The van der Waals surface area contributed by atoms with Crippen LogP contribution >= 0.6 is 0 Å². The third-order valence-electron chi connectivity index (χ3n) is 3.00. The Bertz CT molecular complexity index is 124. The number of hydrogen-bond acceptors (Lipinski definition) is 0. The second-order valence-corrected chi connectivity index (χ2v) is 3.78. The van der Waals surface area contributed by atoms with Crippen molar-refractivity contribution in [1.82, 2.24) is 0 Å². The van der Waals surface area contributed by atoms with Crippen molar-refractivity contribution in [2.45, 2.75) is 46.0 Å². The van der Waals surface area contributed by atoms with E-state index in [0.717, 1.165) is 11.8 Å². The molecule has 0 heterocycles. The van der Waals surface area contributed by atoms with Gasteiger partial charge in [-0.1, -0.05) is 32.4 Å². The van der Waals surface area contributed by atoms with Gasteiger partial charge in [0.25, 0.3) is 0 Å². The first-order chi connectivity index (χ1) is 5.34. The van der Waals surface area contributed by atoms with Gasteiger partial charge in [0, 0.05) is 0 Å². The Balaban J connectivity index is 2.37. The topological polar surface area (TPSA) is 0 Å². The summed E-state index contributed by atoms with van der Waals surface area (Å²) in [5.74, 6) is 1.90. The zero-order valence-electron chi connectivity index (χ0n) is 7.84. The van der Waals surface area contributed by atoms with Gasteiger partial charge in [0.1, 0.15) is 0 Å². The van der Waals surface area contributed by atoms with E-state index in [0.29, 0.717) is 0 Å². The molecule has 0 fully saturated rings. The number of allylic oxidation sites excluding steroid dienone is 2. The van der Waals surface area contributed by atoms with Crippen LogP contribution in [0.4, 0.5) is 0 Å². The number of rotatable bonds is 2. The Morgan fingerprint density at radius 3 is 3.00 bits per heavy atom. The average molecular weight is 152 g/mol. The maximum atomic E-state index is 2.39. The molecule has 11 heavy (non-hydrogen) atoms. The lowest BCUT2D eigenvalue weighted by Gasteiger charge is -2.19. The molecule has 0 aromatic rings. The van der Waals surface area contributed by atoms with Crippen LogP contribution in [0.25, 0.3) is 0 Å². The summed E-state index contributed by atoms with van der Waals surface area (Å²) in [5.41, 5.74) is 0. The standard InChI is InChI=1S/C11H20/c1-3-10(2)11-8-6-4-5-7-9-11/h4,6,10-11H,3,5,7-9H2,1-2H3/t10?,11-/m0/s1. The Morgan fingerprint density at radius 2 is 2.27 bits per heavy atom. The van der Waals surface area contributed by atoms with Crippen molar-refractivity contribution in [3.63, 3.8) is 0 Å². The smallest absolute Gasteiger partial charge is 0.0320 e. The molecule has 0 aromatic heterocycles. The monoisotopic (exact) mass is 152 g/mol. The van der Waals surface area contributed by atoms with Crippen LogP contribution in [0.3, 0.4) is 0 Å². The molecule has 64 valence electrons. The fourth-order valence-electron chi connectivity index (χ4n) is 1.85. The molecule has 1 aliphatic carbocycles. The summed E-state index contributed by atoms with van der Waals surface area (Å²) in [6, 6.07) is 0. The highest BCUT2D eigenvalue weighted by atomic mass is 14.2. The molecular formula is C11H20. The molecule has 0 N–H and O–H groups in total. The Morgan fingerprint density at radius 1 is 1.45 bits per heavy atom. The lowest BCUT2D eigenvalue weighted by Crippen LogP contribution is -2.09. The minimum absolute atomic E-state index is 0.928. The molecule has 0 amide bonds. The van der Waals surface area contributed by atoms with E-state index < -0.39 is 0 Å². The van der Waals surface area contributed by atoms with Gasteiger partial charge >= 0.3 is 0 Å². The molecule has 0 heteroatoms. The molecule has 0 radical (unpaired) electrons. The zero-order chi connectivity index (χ0) is 8.10. The van der Waals surface area contributed by atoms with E-state index >= 15 is 0 Å². The first kappa shape index (κ1) is 8.83. The largest absolute Gasteiger partial charge is 0.0885 e. The van der Waals surface area contributed by atoms with Gasteiger partial charge in [0.2, 0.25) is 0 Å². The first-order valence-corrected chi connectivity index (χ1v) is 4.99. The molecule has 0 nitrogen and oxygen atoms in total. The third kappa shape index (κ3) is 2.69. The van der Waals surface area contributed by atoms with Crippen LogP contribution < -0.4 is 0 Å². The van der Waals surface area contributed by atoms with Crippen molar-refractivity contribution >= 4 is 0 Å². The van der Waals surface area contributed by atoms with E-state index in [2.05, 4.69) is 26.0 Å². The molecule has 1 aliphatic rings. The molecule has 0 spiro atoms. The van der Waals surface area contributed by atoms with Crippen molar-refractivity contribution in [2.24, 2.45) is 11.8 Å². The summed E-state index contributed by atoms with van der Waals surface area (Å²) in [5, 5.41) is 0. The van der Waals surface area contributed by atoms with Crippen LogP contribution in [-0.4, -0.2) is 0 Å². The summed E-state index contributed by atoms with van der Waals surface area (Å²) in [6.07, 6.45) is 11.6. The lowest BCUT2D eigenvalue weighted by molar-refractivity contribution is 0.328. The maximum absolute atomic E-state index is 2.39. The molecule has 0 saturated heterocycles. The summed E-state index contributed by atoms with van der Waals surface area (Å²) in [6.45, 7) is 4.70. The normalized spacial score (nSPS) is 28.0. The van der Waals surface area contributed by atoms with Gasteiger partial charge in [-0.3, -0.25) is 0 Å². The summed E-state index contributed by atoms with van der Waals surface area (Å²) >= 11 is 0. The van der Waals surface area contributed by atoms with E-state index in [1.807, 2.05) is 0 Å². The molecule has 0 saturated carbocycles. The predicted molar refractivity (Wildman–Crippen MR) is 50.6 cm³/mol. The van der Waals surface area contributed by atoms with E-state index in [4.69, 9.17) is 0 Å². The van der Waals surface area contributed by atoms with Gasteiger partial charge in [-0.05, 0) is 37.5 Å². The Labute approximate surface area is 70.7 Å². The van der Waals surface area contributed by atoms with Crippen molar-refractivity contribution in [3.05, 3.63) is 12.2 Å². The molecular weight excluding hydrogens is 132 g/mol. The van der Waals surface area contributed by atoms with Crippen LogP contribution in [-0.2, 0) is 0 Å². The van der Waals surface area contributed by atoms with Crippen molar-refractivity contribution in [1.29, 1.82) is 0 Å². The quantitative estimate of drug-likeness (QED) is 0.528. The fourth-order valence-corrected chi connectivity index (χ4v) is 1.85. The Kier molecular flexibility index (Phi) is 3.68. The van der Waals surface area contributed by atoms with Gasteiger partial charge in [-0.2, -0.15) is 0 Å². The summed E-state index contributed by atoms with van der Waals surface area (Å²) in [7, 11) is 0. The van der Waals surface area contributed by atoms with Crippen LogP contribution in [0, 0.1) is 11.8 Å². The molecule has 0 aromatic carbocycles. The fraction of sp³-hybridized carbons (Fsp3) is 0.818.